The Morgan fingerprint density at radius 1 is 1.21 bits per heavy atom. The van der Waals surface area contributed by atoms with Crippen molar-refractivity contribution >= 4 is 6.09 Å². The molecular weight excluding hydrogens is 242 g/mol. The number of hydrogen-bond acceptors (Lipinski definition) is 4. The number of hydrogen-bond donors (Lipinski definition) is 1. The lowest BCUT2D eigenvalue weighted by molar-refractivity contribution is 0.0146. The Kier molecular flexibility index (Phi) is 6.07. The van der Waals surface area contributed by atoms with Crippen LogP contribution in [0.1, 0.15) is 34.6 Å². The Labute approximate surface area is 117 Å². The van der Waals surface area contributed by atoms with E-state index in [9.17, 15) is 4.79 Å². The summed E-state index contributed by atoms with van der Waals surface area (Å²) in [6.07, 6.45) is -0.188. The third-order valence-corrected chi connectivity index (χ3v) is 3.00. The summed E-state index contributed by atoms with van der Waals surface area (Å²) < 4.78 is 5.38. The van der Waals surface area contributed by atoms with Crippen LogP contribution in [0.2, 0.25) is 0 Å². The van der Waals surface area contributed by atoms with Crippen molar-refractivity contribution < 1.29 is 9.53 Å². The molecule has 19 heavy (non-hydrogen) atoms. The molecule has 1 amide bonds. The van der Waals surface area contributed by atoms with E-state index in [1.807, 2.05) is 20.8 Å². The maximum Gasteiger partial charge on any atom is 0.410 e. The van der Waals surface area contributed by atoms with Crippen LogP contribution in [-0.4, -0.2) is 66.8 Å². The fourth-order valence-electron chi connectivity index (χ4n) is 1.99. The second-order valence-electron chi connectivity index (χ2n) is 6.42. The molecule has 0 unspecified atom stereocenters. The van der Waals surface area contributed by atoms with Crippen molar-refractivity contribution in [3.8, 4) is 0 Å². The number of carbonyl (C=O) groups is 1. The van der Waals surface area contributed by atoms with Crippen molar-refractivity contribution in [1.82, 2.24) is 15.1 Å². The van der Waals surface area contributed by atoms with Crippen LogP contribution in [0.4, 0.5) is 4.79 Å². The first-order valence-corrected chi connectivity index (χ1v) is 7.21. The zero-order valence-corrected chi connectivity index (χ0v) is 13.0. The summed E-state index contributed by atoms with van der Waals surface area (Å²) in [6, 6.07) is 0.531. The van der Waals surface area contributed by atoms with Crippen LogP contribution in [0.25, 0.3) is 0 Å². The smallest absolute Gasteiger partial charge is 0.410 e. The fourth-order valence-corrected chi connectivity index (χ4v) is 1.99. The third kappa shape index (κ3) is 6.78. The van der Waals surface area contributed by atoms with Gasteiger partial charge in [0, 0.05) is 45.3 Å². The summed E-state index contributed by atoms with van der Waals surface area (Å²) in [6.45, 7) is 15.4. The first-order valence-electron chi connectivity index (χ1n) is 7.21. The Morgan fingerprint density at radius 3 is 2.26 bits per heavy atom. The molecule has 1 rings (SSSR count). The summed E-state index contributed by atoms with van der Waals surface area (Å²) in [7, 11) is 0. The molecule has 0 spiro atoms. The van der Waals surface area contributed by atoms with Gasteiger partial charge >= 0.3 is 6.09 Å². The maximum absolute atomic E-state index is 11.9. The number of rotatable bonds is 4. The molecule has 0 aromatic rings. The highest BCUT2D eigenvalue weighted by Crippen LogP contribution is 2.11. The molecule has 1 aliphatic heterocycles. The predicted octanol–water partition coefficient (Wildman–Crippen LogP) is 1.54. The molecule has 112 valence electrons. The second-order valence-corrected chi connectivity index (χ2v) is 6.42. The summed E-state index contributed by atoms with van der Waals surface area (Å²) in [5.74, 6) is 0. The summed E-state index contributed by atoms with van der Waals surface area (Å²) in [5, 5.41) is 3.41. The van der Waals surface area contributed by atoms with E-state index in [-0.39, 0.29) is 6.09 Å². The molecule has 1 saturated heterocycles. The van der Waals surface area contributed by atoms with Crippen molar-refractivity contribution in [1.29, 1.82) is 0 Å². The number of ether oxygens (including phenoxy) is 1. The Morgan fingerprint density at radius 2 is 1.79 bits per heavy atom. The lowest BCUT2D eigenvalue weighted by Gasteiger charge is -2.35. The third-order valence-electron chi connectivity index (χ3n) is 3.00. The van der Waals surface area contributed by atoms with E-state index >= 15 is 0 Å². The molecule has 1 aliphatic rings. The van der Waals surface area contributed by atoms with Crippen LogP contribution in [0.3, 0.4) is 0 Å². The molecule has 0 atom stereocenters. The van der Waals surface area contributed by atoms with Crippen LogP contribution >= 0.6 is 0 Å². The van der Waals surface area contributed by atoms with Gasteiger partial charge in [-0.05, 0) is 20.8 Å². The van der Waals surface area contributed by atoms with Gasteiger partial charge in [0.1, 0.15) is 5.60 Å². The van der Waals surface area contributed by atoms with Gasteiger partial charge in [-0.2, -0.15) is 0 Å². The molecule has 1 heterocycles. The van der Waals surface area contributed by atoms with Gasteiger partial charge in [0.25, 0.3) is 0 Å². The monoisotopic (exact) mass is 271 g/mol. The van der Waals surface area contributed by atoms with Crippen molar-refractivity contribution in [2.45, 2.75) is 46.3 Å². The molecule has 1 N–H and O–H groups in total. The van der Waals surface area contributed by atoms with E-state index in [2.05, 4.69) is 24.1 Å². The van der Waals surface area contributed by atoms with Crippen LogP contribution in [0, 0.1) is 0 Å². The zero-order chi connectivity index (χ0) is 14.5. The number of amides is 1. The lowest BCUT2D eigenvalue weighted by atomic mass is 10.2. The summed E-state index contributed by atoms with van der Waals surface area (Å²) in [5.41, 5.74) is -0.407. The van der Waals surface area contributed by atoms with E-state index in [0.29, 0.717) is 6.04 Å². The standard InChI is InChI=1S/C14H29N3O2/c1-12(2)15-6-7-16-8-10-17(11-9-16)13(18)19-14(3,4)5/h12,15H,6-11H2,1-5H3. The highest BCUT2D eigenvalue weighted by Gasteiger charge is 2.25. The zero-order valence-electron chi connectivity index (χ0n) is 13.0. The highest BCUT2D eigenvalue weighted by atomic mass is 16.6. The number of nitrogens with zero attached hydrogens (tertiary/aromatic N) is 2. The van der Waals surface area contributed by atoms with Gasteiger partial charge in [-0.1, -0.05) is 13.8 Å². The molecule has 0 saturated carbocycles. The van der Waals surface area contributed by atoms with E-state index < -0.39 is 5.60 Å². The van der Waals surface area contributed by atoms with Gasteiger partial charge in [-0.25, -0.2) is 4.79 Å². The number of piperazine rings is 1. The van der Waals surface area contributed by atoms with Gasteiger partial charge in [0.05, 0.1) is 0 Å². The van der Waals surface area contributed by atoms with Crippen LogP contribution < -0.4 is 5.32 Å². The highest BCUT2D eigenvalue weighted by molar-refractivity contribution is 5.68. The maximum atomic E-state index is 11.9. The first-order chi connectivity index (χ1) is 8.78. The minimum Gasteiger partial charge on any atom is -0.444 e. The average molecular weight is 271 g/mol. The molecule has 0 aliphatic carbocycles. The van der Waals surface area contributed by atoms with Crippen molar-refractivity contribution in [2.24, 2.45) is 0 Å². The first kappa shape index (κ1) is 16.2. The minimum absolute atomic E-state index is 0.188. The van der Waals surface area contributed by atoms with Crippen LogP contribution in [0.15, 0.2) is 0 Å². The van der Waals surface area contributed by atoms with Gasteiger partial charge in [0.2, 0.25) is 0 Å². The van der Waals surface area contributed by atoms with Crippen LogP contribution in [0.5, 0.6) is 0 Å². The molecule has 0 aromatic heterocycles. The second kappa shape index (κ2) is 7.10. The van der Waals surface area contributed by atoms with Crippen LogP contribution in [-0.2, 0) is 4.74 Å². The molecule has 5 nitrogen and oxygen atoms in total. The average Bonchev–Trinajstić information content (AvgIpc) is 2.27. The van der Waals surface area contributed by atoms with E-state index in [1.54, 1.807) is 4.90 Å². The summed E-state index contributed by atoms with van der Waals surface area (Å²) >= 11 is 0. The molecule has 0 radical (unpaired) electrons. The van der Waals surface area contributed by atoms with E-state index in [1.165, 1.54) is 0 Å². The molecule has 0 bridgehead atoms. The molecule has 5 heteroatoms. The Balaban J connectivity index is 2.23. The van der Waals surface area contributed by atoms with E-state index in [0.717, 1.165) is 39.3 Å². The van der Waals surface area contributed by atoms with Gasteiger partial charge < -0.3 is 15.0 Å². The summed E-state index contributed by atoms with van der Waals surface area (Å²) in [4.78, 5) is 16.1. The van der Waals surface area contributed by atoms with Crippen molar-refractivity contribution in [3.05, 3.63) is 0 Å². The molecular formula is C14H29N3O2. The fraction of sp³-hybridized carbons (Fsp3) is 0.929. The topological polar surface area (TPSA) is 44.8 Å². The largest absolute Gasteiger partial charge is 0.444 e. The van der Waals surface area contributed by atoms with Gasteiger partial charge in [0.15, 0.2) is 0 Å². The Bertz CT molecular complexity index is 279. The predicted molar refractivity (Wildman–Crippen MR) is 77.4 cm³/mol. The normalized spacial score (nSPS) is 17.9. The SMILES string of the molecule is CC(C)NCCN1CCN(C(=O)OC(C)(C)C)CC1. The Hall–Kier alpha value is -0.810. The van der Waals surface area contributed by atoms with Gasteiger partial charge in [-0.15, -0.1) is 0 Å². The molecule has 0 aromatic carbocycles. The quantitative estimate of drug-likeness (QED) is 0.842. The minimum atomic E-state index is -0.407. The van der Waals surface area contributed by atoms with Crippen molar-refractivity contribution in [2.75, 3.05) is 39.3 Å². The number of nitrogens with one attached hydrogen (secondary N) is 1. The molecule has 1 fully saturated rings. The van der Waals surface area contributed by atoms with Crippen molar-refractivity contribution in [3.63, 3.8) is 0 Å². The number of carbonyl (C=O) groups excluding carboxylic acids is 1. The van der Waals surface area contributed by atoms with Gasteiger partial charge in [-0.3, -0.25) is 4.90 Å². The van der Waals surface area contributed by atoms with E-state index in [4.69, 9.17) is 4.74 Å². The lowest BCUT2D eigenvalue weighted by Crippen LogP contribution is -2.51.